The number of hydrogen-bond acceptors (Lipinski definition) is 1. The molecule has 0 aromatic rings. The largest absolute Gasteiger partial charge is 0.507 e. The molecule has 42 valence electrons. The van der Waals surface area contributed by atoms with Crippen LogP contribution in [0.4, 0.5) is 4.20 Å². The van der Waals surface area contributed by atoms with Crippen molar-refractivity contribution < 1.29 is 35.0 Å². The number of halogens is 1. The second kappa shape index (κ2) is 2.70. The molecule has 6 heavy (non-hydrogen) atoms. The van der Waals surface area contributed by atoms with Crippen molar-refractivity contribution in [2.45, 2.75) is 0 Å². The van der Waals surface area contributed by atoms with Gasteiger partial charge in [-0.15, -0.1) is 4.20 Å². The summed E-state index contributed by atoms with van der Waals surface area (Å²) in [7, 11) is -5.14. The van der Waals surface area contributed by atoms with Gasteiger partial charge in [-0.05, 0) is 0 Å². The molecule has 0 amide bonds. The molecule has 0 saturated carbocycles. The Hall–Kier alpha value is 0.574. The molecule has 0 aliphatic heterocycles. The predicted octanol–water partition coefficient (Wildman–Crippen LogP) is 0.0461. The molecule has 0 aromatic heterocycles. The van der Waals surface area contributed by atoms with Crippen molar-refractivity contribution in [3.63, 3.8) is 0 Å². The average Bonchev–Trinajstić information content (AvgIpc) is 0.722. The third kappa shape index (κ3) is 178. The first-order chi connectivity index (χ1) is 2.00. The van der Waals surface area contributed by atoms with Crippen LogP contribution in [0.3, 0.4) is 0 Å². The Kier molecular flexibility index (Phi) is 4.39. The summed E-state index contributed by atoms with van der Waals surface area (Å²) in [6.45, 7) is 0. The van der Waals surface area contributed by atoms with Crippen LogP contribution in [0.15, 0.2) is 0 Å². The third-order valence-electron chi connectivity index (χ3n) is 0. The van der Waals surface area contributed by atoms with Gasteiger partial charge in [0.2, 0.25) is 0 Å². The van der Waals surface area contributed by atoms with Gasteiger partial charge < -0.3 is 0 Å². The van der Waals surface area contributed by atoms with Crippen molar-refractivity contribution in [3.8, 4) is 0 Å². The number of hydrogen-bond donors (Lipinski definition) is 2. The minimum atomic E-state index is -5.14. The molecular formula is H2FNiO3P. The standard InChI is InChI=1S/FH2O3P.Ni/c1-5(2,3)4;/h(H2,2,3,4);. The van der Waals surface area contributed by atoms with Gasteiger partial charge in [0.05, 0.1) is 0 Å². The zero-order valence-electron chi connectivity index (χ0n) is 2.44. The Bertz CT molecular complexity index is 56.9. The fourth-order valence-corrected chi connectivity index (χ4v) is 0. The van der Waals surface area contributed by atoms with E-state index in [4.69, 9.17) is 14.4 Å². The molecule has 0 radical (unpaired) electrons. The Morgan fingerprint density at radius 2 is 1.50 bits per heavy atom. The molecule has 0 saturated heterocycles. The fourth-order valence-electron chi connectivity index (χ4n) is 0. The van der Waals surface area contributed by atoms with Crippen LogP contribution in [0.5, 0.6) is 0 Å². The molecule has 0 rings (SSSR count). The van der Waals surface area contributed by atoms with Gasteiger partial charge in [0.15, 0.2) is 0 Å². The Balaban J connectivity index is 0. The smallest absolute Gasteiger partial charge is 0.299 e. The normalized spacial score (nSPS) is 9.83. The molecule has 0 bridgehead atoms. The van der Waals surface area contributed by atoms with Crippen molar-refractivity contribution in [3.05, 3.63) is 0 Å². The topological polar surface area (TPSA) is 57.5 Å². The van der Waals surface area contributed by atoms with E-state index >= 15 is 0 Å². The van der Waals surface area contributed by atoms with Gasteiger partial charge in [-0.1, -0.05) is 0 Å². The van der Waals surface area contributed by atoms with Gasteiger partial charge in [-0.3, -0.25) is 9.79 Å². The molecule has 2 N–H and O–H groups in total. The molecule has 0 atom stereocenters. The molecule has 0 aliphatic rings. The van der Waals surface area contributed by atoms with Gasteiger partial charge in [0, 0.05) is 16.5 Å². The Morgan fingerprint density at radius 3 is 1.50 bits per heavy atom. The first kappa shape index (κ1) is 9.76. The van der Waals surface area contributed by atoms with Gasteiger partial charge in [-0.25, -0.2) is 4.57 Å². The summed E-state index contributed by atoms with van der Waals surface area (Å²) in [4.78, 5) is 13.9. The van der Waals surface area contributed by atoms with Gasteiger partial charge >= 0.3 is 7.91 Å². The van der Waals surface area contributed by atoms with Crippen LogP contribution in [0.1, 0.15) is 0 Å². The maximum absolute atomic E-state index is 10.4. The van der Waals surface area contributed by atoms with Crippen molar-refractivity contribution >= 4 is 7.91 Å². The summed E-state index contributed by atoms with van der Waals surface area (Å²) < 4.78 is 19.0. The molecular weight excluding hydrogens is 157 g/mol. The zero-order chi connectivity index (χ0) is 4.50. The van der Waals surface area contributed by atoms with Gasteiger partial charge in [0.25, 0.3) is 0 Å². The molecule has 0 heterocycles. The van der Waals surface area contributed by atoms with E-state index in [0.717, 1.165) is 0 Å². The van der Waals surface area contributed by atoms with Crippen LogP contribution in [-0.2, 0) is 21.1 Å². The van der Waals surface area contributed by atoms with Crippen molar-refractivity contribution in [2.75, 3.05) is 0 Å². The zero-order valence-corrected chi connectivity index (χ0v) is 4.33. The summed E-state index contributed by atoms with van der Waals surface area (Å²) in [5.74, 6) is 0. The van der Waals surface area contributed by atoms with E-state index in [1.54, 1.807) is 0 Å². The fraction of sp³-hybridized carbons (Fsp3) is 0. The first-order valence-electron chi connectivity index (χ1n) is 0.752. The summed E-state index contributed by atoms with van der Waals surface area (Å²) >= 11 is 0. The SMILES string of the molecule is O=P(O)(O)F.[Ni]. The summed E-state index contributed by atoms with van der Waals surface area (Å²) in [6.07, 6.45) is 0. The summed E-state index contributed by atoms with van der Waals surface area (Å²) in [5.41, 5.74) is 0. The molecule has 0 aliphatic carbocycles. The maximum Gasteiger partial charge on any atom is 0.507 e. The monoisotopic (exact) mass is 158 g/mol. The van der Waals surface area contributed by atoms with E-state index in [0.29, 0.717) is 0 Å². The van der Waals surface area contributed by atoms with Crippen LogP contribution < -0.4 is 0 Å². The van der Waals surface area contributed by atoms with Gasteiger partial charge in [-0.2, -0.15) is 0 Å². The van der Waals surface area contributed by atoms with Crippen LogP contribution in [0, 0.1) is 0 Å². The van der Waals surface area contributed by atoms with E-state index in [2.05, 4.69) is 0 Å². The second-order valence-electron chi connectivity index (χ2n) is 0.473. The second-order valence-corrected chi connectivity index (χ2v) is 1.42. The summed E-state index contributed by atoms with van der Waals surface area (Å²) in [6, 6.07) is 0. The van der Waals surface area contributed by atoms with Gasteiger partial charge in [0.1, 0.15) is 0 Å². The molecule has 0 unspecified atom stereocenters. The Labute approximate surface area is 43.8 Å². The minimum Gasteiger partial charge on any atom is -0.299 e. The van der Waals surface area contributed by atoms with E-state index in [9.17, 15) is 4.20 Å². The molecule has 6 heteroatoms. The van der Waals surface area contributed by atoms with E-state index in [1.807, 2.05) is 0 Å². The van der Waals surface area contributed by atoms with Crippen molar-refractivity contribution in [1.82, 2.24) is 0 Å². The molecule has 0 fully saturated rings. The minimum absolute atomic E-state index is 0. The van der Waals surface area contributed by atoms with E-state index in [1.165, 1.54) is 0 Å². The molecule has 0 aromatic carbocycles. The van der Waals surface area contributed by atoms with Crippen LogP contribution in [0.2, 0.25) is 0 Å². The van der Waals surface area contributed by atoms with Crippen LogP contribution in [0.25, 0.3) is 0 Å². The van der Waals surface area contributed by atoms with Crippen molar-refractivity contribution in [2.24, 2.45) is 0 Å². The summed E-state index contributed by atoms with van der Waals surface area (Å²) in [5, 5.41) is 0. The number of rotatable bonds is 0. The van der Waals surface area contributed by atoms with E-state index in [-0.39, 0.29) is 16.5 Å². The molecule has 0 spiro atoms. The maximum atomic E-state index is 10.4. The van der Waals surface area contributed by atoms with E-state index < -0.39 is 7.91 Å². The quantitative estimate of drug-likeness (QED) is 0.387. The first-order valence-corrected chi connectivity index (χ1v) is 2.25. The van der Waals surface area contributed by atoms with Crippen LogP contribution in [-0.4, -0.2) is 9.79 Å². The predicted molar refractivity (Wildman–Crippen MR) is 13.2 cm³/mol. The van der Waals surface area contributed by atoms with Crippen molar-refractivity contribution in [1.29, 1.82) is 0 Å². The van der Waals surface area contributed by atoms with Crippen LogP contribution >= 0.6 is 7.91 Å². The Morgan fingerprint density at radius 1 is 1.50 bits per heavy atom. The third-order valence-corrected chi connectivity index (χ3v) is 0. The molecule has 3 nitrogen and oxygen atoms in total. The average molecular weight is 159 g/mol.